The average Bonchev–Trinajstić information content (AvgIpc) is 3.04. The molecule has 118 valence electrons. The zero-order valence-electron chi connectivity index (χ0n) is 13.3. The molecule has 0 aliphatic rings. The SMILES string of the molecule is Cc1ccccc1-c1nnc(CNCCCc2ccccc2)o1. The van der Waals surface area contributed by atoms with Gasteiger partial charge in [0.25, 0.3) is 0 Å². The predicted molar refractivity (Wildman–Crippen MR) is 90.9 cm³/mol. The van der Waals surface area contributed by atoms with Crippen LogP contribution >= 0.6 is 0 Å². The number of nitrogens with zero attached hydrogens (tertiary/aromatic N) is 2. The molecule has 0 atom stereocenters. The average molecular weight is 307 g/mol. The van der Waals surface area contributed by atoms with Gasteiger partial charge in [-0.15, -0.1) is 10.2 Å². The third-order valence-electron chi connectivity index (χ3n) is 3.78. The molecule has 1 N–H and O–H groups in total. The minimum Gasteiger partial charge on any atom is -0.419 e. The highest BCUT2D eigenvalue weighted by Crippen LogP contribution is 2.21. The van der Waals surface area contributed by atoms with Crippen molar-refractivity contribution in [3.8, 4) is 11.5 Å². The first-order chi connectivity index (χ1) is 11.3. The van der Waals surface area contributed by atoms with E-state index >= 15 is 0 Å². The minimum atomic E-state index is 0.587. The van der Waals surface area contributed by atoms with Crippen molar-refractivity contribution in [2.75, 3.05) is 6.54 Å². The van der Waals surface area contributed by atoms with E-state index in [4.69, 9.17) is 4.42 Å². The van der Waals surface area contributed by atoms with Crippen LogP contribution in [0.1, 0.15) is 23.4 Å². The Balaban J connectivity index is 1.46. The molecule has 3 rings (SSSR count). The lowest BCUT2D eigenvalue weighted by Gasteiger charge is -2.02. The summed E-state index contributed by atoms with van der Waals surface area (Å²) in [6.45, 7) is 3.58. The Morgan fingerprint density at radius 3 is 2.57 bits per heavy atom. The fourth-order valence-electron chi connectivity index (χ4n) is 2.50. The third kappa shape index (κ3) is 4.27. The lowest BCUT2D eigenvalue weighted by Crippen LogP contribution is -2.15. The van der Waals surface area contributed by atoms with Gasteiger partial charge in [-0.1, -0.05) is 48.5 Å². The molecule has 4 nitrogen and oxygen atoms in total. The molecule has 0 fully saturated rings. The second-order valence-electron chi connectivity index (χ2n) is 5.58. The summed E-state index contributed by atoms with van der Waals surface area (Å²) in [4.78, 5) is 0. The number of hydrogen-bond acceptors (Lipinski definition) is 4. The molecule has 0 radical (unpaired) electrons. The Morgan fingerprint density at radius 1 is 0.957 bits per heavy atom. The van der Waals surface area contributed by atoms with Gasteiger partial charge < -0.3 is 9.73 Å². The highest BCUT2D eigenvalue weighted by molar-refractivity contribution is 5.57. The van der Waals surface area contributed by atoms with Crippen molar-refractivity contribution in [2.24, 2.45) is 0 Å². The molecule has 0 aliphatic heterocycles. The monoisotopic (exact) mass is 307 g/mol. The second kappa shape index (κ2) is 7.70. The topological polar surface area (TPSA) is 51.0 Å². The van der Waals surface area contributed by atoms with Crippen LogP contribution in [0.3, 0.4) is 0 Å². The van der Waals surface area contributed by atoms with Gasteiger partial charge in [0.05, 0.1) is 6.54 Å². The van der Waals surface area contributed by atoms with E-state index in [1.54, 1.807) is 0 Å². The lowest BCUT2D eigenvalue weighted by atomic mass is 10.1. The largest absolute Gasteiger partial charge is 0.419 e. The number of hydrogen-bond donors (Lipinski definition) is 1. The minimum absolute atomic E-state index is 0.587. The van der Waals surface area contributed by atoms with E-state index < -0.39 is 0 Å². The molecule has 3 aromatic rings. The van der Waals surface area contributed by atoms with Crippen LogP contribution < -0.4 is 5.32 Å². The van der Waals surface area contributed by atoms with Crippen LogP contribution in [0.25, 0.3) is 11.5 Å². The van der Waals surface area contributed by atoms with E-state index in [1.807, 2.05) is 37.3 Å². The maximum atomic E-state index is 5.73. The summed E-state index contributed by atoms with van der Waals surface area (Å²) in [7, 11) is 0. The molecule has 0 saturated carbocycles. The van der Waals surface area contributed by atoms with Gasteiger partial charge in [0.15, 0.2) is 0 Å². The molecule has 0 aliphatic carbocycles. The van der Waals surface area contributed by atoms with Crippen molar-refractivity contribution in [3.63, 3.8) is 0 Å². The molecular formula is C19H21N3O. The summed E-state index contributed by atoms with van der Waals surface area (Å²) in [6.07, 6.45) is 2.16. The van der Waals surface area contributed by atoms with E-state index in [2.05, 4.69) is 39.8 Å². The van der Waals surface area contributed by atoms with Crippen LogP contribution in [-0.2, 0) is 13.0 Å². The fraction of sp³-hybridized carbons (Fsp3) is 0.263. The number of aromatic nitrogens is 2. The Labute approximate surface area is 136 Å². The normalized spacial score (nSPS) is 10.8. The van der Waals surface area contributed by atoms with Gasteiger partial charge in [-0.25, -0.2) is 0 Å². The first kappa shape index (κ1) is 15.4. The van der Waals surface area contributed by atoms with E-state index in [0.717, 1.165) is 30.5 Å². The molecule has 0 saturated heterocycles. The summed E-state index contributed by atoms with van der Waals surface area (Å²) in [6, 6.07) is 18.5. The van der Waals surface area contributed by atoms with E-state index in [1.165, 1.54) is 5.56 Å². The first-order valence-electron chi connectivity index (χ1n) is 7.96. The Hall–Kier alpha value is -2.46. The number of aryl methyl sites for hydroxylation is 2. The molecule has 0 amide bonds. The van der Waals surface area contributed by atoms with Crippen LogP contribution in [0.4, 0.5) is 0 Å². The van der Waals surface area contributed by atoms with Crippen LogP contribution in [0.2, 0.25) is 0 Å². The number of benzene rings is 2. The van der Waals surface area contributed by atoms with Crippen LogP contribution in [0, 0.1) is 6.92 Å². The fourth-order valence-corrected chi connectivity index (χ4v) is 2.50. The summed E-state index contributed by atoms with van der Waals surface area (Å²) >= 11 is 0. The summed E-state index contributed by atoms with van der Waals surface area (Å²) in [5.74, 6) is 1.21. The smallest absolute Gasteiger partial charge is 0.248 e. The molecule has 0 bridgehead atoms. The lowest BCUT2D eigenvalue weighted by molar-refractivity contribution is 0.475. The number of nitrogens with one attached hydrogen (secondary N) is 1. The van der Waals surface area contributed by atoms with Crippen LogP contribution in [0.5, 0.6) is 0 Å². The summed E-state index contributed by atoms with van der Waals surface area (Å²) < 4.78 is 5.73. The van der Waals surface area contributed by atoms with Crippen molar-refractivity contribution in [1.29, 1.82) is 0 Å². The quantitative estimate of drug-likeness (QED) is 0.675. The molecule has 0 spiro atoms. The number of rotatable bonds is 7. The van der Waals surface area contributed by atoms with Gasteiger partial charge in [-0.2, -0.15) is 0 Å². The molecule has 0 unspecified atom stereocenters. The molecule has 1 heterocycles. The molecule has 23 heavy (non-hydrogen) atoms. The molecule has 4 heteroatoms. The highest BCUT2D eigenvalue weighted by atomic mass is 16.4. The van der Waals surface area contributed by atoms with Gasteiger partial charge in [0.2, 0.25) is 11.8 Å². The van der Waals surface area contributed by atoms with E-state index in [9.17, 15) is 0 Å². The van der Waals surface area contributed by atoms with Crippen molar-refractivity contribution in [3.05, 3.63) is 71.6 Å². The predicted octanol–water partition coefficient (Wildman–Crippen LogP) is 3.77. The first-order valence-corrected chi connectivity index (χ1v) is 7.96. The zero-order chi connectivity index (χ0) is 15.9. The maximum Gasteiger partial charge on any atom is 0.248 e. The third-order valence-corrected chi connectivity index (χ3v) is 3.78. The van der Waals surface area contributed by atoms with Gasteiger partial charge in [-0.05, 0) is 43.5 Å². The summed E-state index contributed by atoms with van der Waals surface area (Å²) in [5, 5.41) is 11.6. The molecular weight excluding hydrogens is 286 g/mol. The van der Waals surface area contributed by atoms with Gasteiger partial charge in [0.1, 0.15) is 0 Å². The van der Waals surface area contributed by atoms with Crippen LogP contribution in [-0.4, -0.2) is 16.7 Å². The molecule has 2 aromatic carbocycles. The van der Waals surface area contributed by atoms with Gasteiger partial charge in [0, 0.05) is 5.56 Å². The Bertz CT molecular complexity index is 737. The van der Waals surface area contributed by atoms with Crippen molar-refractivity contribution in [1.82, 2.24) is 15.5 Å². The maximum absolute atomic E-state index is 5.73. The summed E-state index contributed by atoms with van der Waals surface area (Å²) in [5.41, 5.74) is 3.50. The zero-order valence-corrected chi connectivity index (χ0v) is 13.3. The van der Waals surface area contributed by atoms with Gasteiger partial charge >= 0.3 is 0 Å². The van der Waals surface area contributed by atoms with E-state index in [0.29, 0.717) is 18.3 Å². The van der Waals surface area contributed by atoms with Crippen molar-refractivity contribution >= 4 is 0 Å². The Morgan fingerprint density at radius 2 is 1.74 bits per heavy atom. The van der Waals surface area contributed by atoms with Gasteiger partial charge in [-0.3, -0.25) is 0 Å². The van der Waals surface area contributed by atoms with Crippen molar-refractivity contribution in [2.45, 2.75) is 26.3 Å². The van der Waals surface area contributed by atoms with E-state index in [-0.39, 0.29) is 0 Å². The molecule has 1 aromatic heterocycles. The Kier molecular flexibility index (Phi) is 5.17. The second-order valence-corrected chi connectivity index (χ2v) is 5.58. The highest BCUT2D eigenvalue weighted by Gasteiger charge is 2.09. The van der Waals surface area contributed by atoms with Crippen LogP contribution in [0.15, 0.2) is 59.0 Å². The standard InChI is InChI=1S/C19H21N3O/c1-15-8-5-6-12-17(15)19-22-21-18(23-19)14-20-13-7-11-16-9-3-2-4-10-16/h2-6,8-10,12,20H,7,11,13-14H2,1H3. The van der Waals surface area contributed by atoms with Crippen molar-refractivity contribution < 1.29 is 4.42 Å².